The molecule has 21 heavy (non-hydrogen) atoms. The van der Waals surface area contributed by atoms with Gasteiger partial charge in [0.2, 0.25) is 5.91 Å². The number of rotatable bonds is 3. The van der Waals surface area contributed by atoms with Crippen LogP contribution in [0.15, 0.2) is 18.2 Å². The van der Waals surface area contributed by atoms with Crippen molar-refractivity contribution in [2.45, 2.75) is 45.6 Å². The molecule has 112 valence electrons. The van der Waals surface area contributed by atoms with Crippen LogP contribution in [0.25, 0.3) is 0 Å². The van der Waals surface area contributed by atoms with E-state index in [-0.39, 0.29) is 17.9 Å². The molecule has 1 aromatic rings. The van der Waals surface area contributed by atoms with E-state index < -0.39 is 0 Å². The molecule has 0 bridgehead atoms. The smallest absolute Gasteiger partial charge is 0.256 e. The number of amides is 2. The van der Waals surface area contributed by atoms with E-state index in [0.717, 1.165) is 36.9 Å². The van der Waals surface area contributed by atoms with Gasteiger partial charge in [0.05, 0.1) is 11.3 Å². The Morgan fingerprint density at radius 1 is 1.29 bits per heavy atom. The predicted octanol–water partition coefficient (Wildman–Crippen LogP) is 2.75. The van der Waals surface area contributed by atoms with Gasteiger partial charge in [0.1, 0.15) is 6.04 Å². The van der Waals surface area contributed by atoms with Gasteiger partial charge in [-0.2, -0.15) is 0 Å². The molecule has 2 aliphatic rings. The van der Waals surface area contributed by atoms with E-state index in [1.165, 1.54) is 0 Å². The Hall–Kier alpha value is -1.84. The van der Waals surface area contributed by atoms with Gasteiger partial charge in [0, 0.05) is 13.1 Å². The third-order valence-electron chi connectivity index (χ3n) is 4.54. The zero-order valence-electron chi connectivity index (χ0n) is 12.8. The van der Waals surface area contributed by atoms with Gasteiger partial charge in [-0.15, -0.1) is 0 Å². The summed E-state index contributed by atoms with van der Waals surface area (Å²) in [4.78, 5) is 29.3. The second-order valence-electron chi connectivity index (χ2n) is 5.97. The van der Waals surface area contributed by atoms with Gasteiger partial charge in [-0.25, -0.2) is 0 Å². The molecule has 4 nitrogen and oxygen atoms in total. The number of anilines is 1. The minimum absolute atomic E-state index is 0.0172. The second kappa shape index (κ2) is 5.51. The van der Waals surface area contributed by atoms with Gasteiger partial charge in [0.25, 0.3) is 5.91 Å². The highest BCUT2D eigenvalue weighted by atomic mass is 16.2. The minimum Gasteiger partial charge on any atom is -0.327 e. The molecule has 1 aromatic carbocycles. The van der Waals surface area contributed by atoms with E-state index >= 15 is 0 Å². The molecule has 0 unspecified atom stereocenters. The van der Waals surface area contributed by atoms with Crippen molar-refractivity contribution in [2.75, 3.05) is 18.0 Å². The van der Waals surface area contributed by atoms with Gasteiger partial charge in [-0.1, -0.05) is 25.5 Å². The maximum atomic E-state index is 12.9. The summed E-state index contributed by atoms with van der Waals surface area (Å²) < 4.78 is 0. The molecule has 0 N–H and O–H groups in total. The Kier molecular flexibility index (Phi) is 3.70. The van der Waals surface area contributed by atoms with Crippen LogP contribution in [0, 0.1) is 6.92 Å². The molecule has 1 fully saturated rings. The summed E-state index contributed by atoms with van der Waals surface area (Å²) in [5.41, 5.74) is 2.52. The highest BCUT2D eigenvalue weighted by Crippen LogP contribution is 2.34. The number of carbonyl (C=O) groups excluding carboxylic acids is 2. The molecule has 3 rings (SSSR count). The Morgan fingerprint density at radius 2 is 2.10 bits per heavy atom. The number of unbranched alkanes of at least 4 members (excludes halogenated alkanes) is 1. The maximum absolute atomic E-state index is 12.9. The summed E-state index contributed by atoms with van der Waals surface area (Å²) in [6, 6.07) is 5.48. The summed E-state index contributed by atoms with van der Waals surface area (Å²) in [6.07, 6.45) is 3.71. The topological polar surface area (TPSA) is 40.6 Å². The van der Waals surface area contributed by atoms with Crippen molar-refractivity contribution >= 4 is 17.5 Å². The minimum atomic E-state index is -0.263. The first kappa shape index (κ1) is 14.1. The average molecular weight is 286 g/mol. The molecule has 0 radical (unpaired) electrons. The molecule has 0 saturated carbocycles. The lowest BCUT2D eigenvalue weighted by Crippen LogP contribution is -2.45. The number of hydrogen-bond acceptors (Lipinski definition) is 2. The van der Waals surface area contributed by atoms with Gasteiger partial charge in [-0.05, 0) is 37.8 Å². The average Bonchev–Trinajstić information content (AvgIpc) is 2.94. The first-order chi connectivity index (χ1) is 10.1. The predicted molar refractivity (Wildman–Crippen MR) is 82.5 cm³/mol. The van der Waals surface area contributed by atoms with Crippen molar-refractivity contribution in [1.29, 1.82) is 0 Å². The Balaban J connectivity index is 2.12. The Morgan fingerprint density at radius 3 is 2.86 bits per heavy atom. The summed E-state index contributed by atoms with van der Waals surface area (Å²) >= 11 is 0. The van der Waals surface area contributed by atoms with Gasteiger partial charge >= 0.3 is 0 Å². The quantitative estimate of drug-likeness (QED) is 0.857. The van der Waals surface area contributed by atoms with Crippen LogP contribution in [0.3, 0.4) is 0 Å². The molecule has 2 heterocycles. The maximum Gasteiger partial charge on any atom is 0.256 e. The van der Waals surface area contributed by atoms with E-state index in [2.05, 4.69) is 6.92 Å². The highest BCUT2D eigenvalue weighted by Gasteiger charge is 2.42. The molecule has 4 heteroatoms. The lowest BCUT2D eigenvalue weighted by molar-refractivity contribution is -0.122. The van der Waals surface area contributed by atoms with Gasteiger partial charge in [0.15, 0.2) is 0 Å². The molecular formula is C17H22N2O2. The van der Waals surface area contributed by atoms with Gasteiger partial charge in [-0.3, -0.25) is 9.59 Å². The summed E-state index contributed by atoms with van der Waals surface area (Å²) in [5.74, 6) is 0.117. The fourth-order valence-electron chi connectivity index (χ4n) is 3.44. The zero-order valence-corrected chi connectivity index (χ0v) is 12.8. The number of para-hydroxylation sites is 1. The van der Waals surface area contributed by atoms with E-state index in [1.807, 2.05) is 30.0 Å². The van der Waals surface area contributed by atoms with Crippen LogP contribution in [0.1, 0.15) is 48.5 Å². The lowest BCUT2D eigenvalue weighted by Gasteiger charge is -2.26. The fourth-order valence-corrected chi connectivity index (χ4v) is 3.44. The van der Waals surface area contributed by atoms with E-state index in [1.54, 1.807) is 4.90 Å². The lowest BCUT2D eigenvalue weighted by atomic mass is 10.1. The molecule has 1 atom stereocenters. The van der Waals surface area contributed by atoms with Gasteiger partial charge < -0.3 is 9.80 Å². The van der Waals surface area contributed by atoms with E-state index in [9.17, 15) is 9.59 Å². The standard InChI is InChI=1S/C17H22N2O2/c1-3-4-10-19-15-12(2)7-5-8-13(15)16(20)18-11-6-9-14(18)17(19)21/h5,7-8,14H,3-4,6,9-11H2,1-2H3/t14-/m0/s1. The van der Waals surface area contributed by atoms with Crippen LogP contribution in [0.2, 0.25) is 0 Å². The van der Waals surface area contributed by atoms with Crippen molar-refractivity contribution in [3.8, 4) is 0 Å². The molecule has 0 aliphatic carbocycles. The van der Waals surface area contributed by atoms with Crippen LogP contribution in [0.4, 0.5) is 5.69 Å². The largest absolute Gasteiger partial charge is 0.327 e. The Labute approximate surface area is 125 Å². The van der Waals surface area contributed by atoms with Crippen molar-refractivity contribution < 1.29 is 9.59 Å². The molecule has 0 aromatic heterocycles. The number of fused-ring (bicyclic) bond motifs is 2. The zero-order chi connectivity index (χ0) is 15.0. The molecule has 2 aliphatic heterocycles. The van der Waals surface area contributed by atoms with Crippen LogP contribution >= 0.6 is 0 Å². The molecular weight excluding hydrogens is 264 g/mol. The molecule has 0 spiro atoms. The van der Waals surface area contributed by atoms with E-state index in [4.69, 9.17) is 0 Å². The first-order valence-corrected chi connectivity index (χ1v) is 7.87. The first-order valence-electron chi connectivity index (χ1n) is 7.87. The number of aryl methyl sites for hydroxylation is 1. The number of benzene rings is 1. The SMILES string of the molecule is CCCCN1C(=O)[C@@H]2CCCN2C(=O)c2cccc(C)c21. The van der Waals surface area contributed by atoms with Crippen molar-refractivity contribution in [2.24, 2.45) is 0 Å². The summed E-state index contributed by atoms with van der Waals surface area (Å²) in [5, 5.41) is 0. The number of hydrogen-bond donors (Lipinski definition) is 0. The third kappa shape index (κ3) is 2.23. The van der Waals surface area contributed by atoms with Crippen LogP contribution in [-0.2, 0) is 4.79 Å². The van der Waals surface area contributed by atoms with Crippen LogP contribution in [0.5, 0.6) is 0 Å². The molecule has 2 amide bonds. The fraction of sp³-hybridized carbons (Fsp3) is 0.529. The normalized spacial score (nSPS) is 21.3. The van der Waals surface area contributed by atoms with Crippen molar-refractivity contribution in [3.05, 3.63) is 29.3 Å². The third-order valence-corrected chi connectivity index (χ3v) is 4.54. The van der Waals surface area contributed by atoms with E-state index in [0.29, 0.717) is 18.7 Å². The van der Waals surface area contributed by atoms with Crippen molar-refractivity contribution in [3.63, 3.8) is 0 Å². The van der Waals surface area contributed by atoms with Crippen molar-refractivity contribution in [1.82, 2.24) is 4.90 Å². The Bertz CT molecular complexity index is 582. The van der Waals surface area contributed by atoms with Crippen LogP contribution in [-0.4, -0.2) is 35.8 Å². The second-order valence-corrected chi connectivity index (χ2v) is 5.97. The monoisotopic (exact) mass is 286 g/mol. The molecule has 1 saturated heterocycles. The number of nitrogens with zero attached hydrogens (tertiary/aromatic N) is 2. The highest BCUT2D eigenvalue weighted by molar-refractivity contribution is 6.11. The summed E-state index contributed by atoms with van der Waals surface area (Å²) in [6.45, 7) is 5.50. The number of carbonyl (C=O) groups is 2. The summed E-state index contributed by atoms with van der Waals surface area (Å²) in [7, 11) is 0. The van der Waals surface area contributed by atoms with Crippen LogP contribution < -0.4 is 4.90 Å².